The minimum absolute atomic E-state index is 0. The Morgan fingerprint density at radius 3 is 1.55 bits per heavy atom. The van der Waals surface area contributed by atoms with Crippen LogP contribution in [0.2, 0.25) is 0 Å². The van der Waals surface area contributed by atoms with Crippen LogP contribution in [0.15, 0.2) is 0 Å². The summed E-state index contributed by atoms with van der Waals surface area (Å²) >= 11 is 20.1. The minimum atomic E-state index is -0.986. The summed E-state index contributed by atoms with van der Waals surface area (Å²) in [6.45, 7) is 12.7. The van der Waals surface area contributed by atoms with E-state index < -0.39 is 11.1 Å². The zero-order chi connectivity index (χ0) is 31.1. The first kappa shape index (κ1) is 47.0. The maximum absolute atomic E-state index is 11.8. The van der Waals surface area contributed by atoms with E-state index in [1.54, 1.807) is 27.7 Å². The summed E-state index contributed by atoms with van der Waals surface area (Å²) in [5.74, 6) is -1.25. The molecule has 0 spiro atoms. The number of thioether (sulfide) groups is 1. The van der Waals surface area contributed by atoms with E-state index in [1.165, 1.54) is 0 Å². The summed E-state index contributed by atoms with van der Waals surface area (Å²) in [5.41, 5.74) is 8.58. The molecule has 0 aliphatic heterocycles. The van der Waals surface area contributed by atoms with Gasteiger partial charge in [-0.15, -0.1) is 11.6 Å². The molecule has 0 radical (unpaired) electrons. The summed E-state index contributed by atoms with van der Waals surface area (Å²) < 4.78 is 10.2. The van der Waals surface area contributed by atoms with E-state index in [0.717, 1.165) is 11.8 Å². The number of nitrogens with two attached hydrogens (primary N) is 2. The van der Waals surface area contributed by atoms with Gasteiger partial charge in [-0.25, -0.2) is 0 Å². The normalized spacial score (nSPS) is 10.0. The average Bonchev–Trinajstić information content (AvgIpc) is 2.84. The van der Waals surface area contributed by atoms with Crippen molar-refractivity contribution in [2.45, 2.75) is 52.6 Å². The van der Waals surface area contributed by atoms with Crippen LogP contribution in [0.5, 0.6) is 0 Å². The Morgan fingerprint density at radius 1 is 0.850 bits per heavy atom. The second-order valence-electron chi connectivity index (χ2n) is 8.22. The van der Waals surface area contributed by atoms with Crippen LogP contribution >= 0.6 is 47.8 Å². The zero-order valence-electron chi connectivity index (χ0n) is 24.3. The van der Waals surface area contributed by atoms with Crippen molar-refractivity contribution in [2.75, 3.05) is 51.0 Å². The summed E-state index contributed by atoms with van der Waals surface area (Å²) in [5, 5.41) is 10.3. The van der Waals surface area contributed by atoms with Crippen LogP contribution in [0.1, 0.15) is 41.5 Å². The van der Waals surface area contributed by atoms with Crippen LogP contribution in [-0.2, 0) is 41.3 Å². The molecule has 228 valence electrons. The molecular formula is C22H42ClKN6O6S4. The number of carbonyl (C=O) groups is 4. The topological polar surface area (TPSA) is 187 Å². The van der Waals surface area contributed by atoms with Crippen molar-refractivity contribution >= 4 is 92.8 Å². The Kier molecular flexibility index (Phi) is 32.8. The Bertz CT molecular complexity index is 797. The quantitative estimate of drug-likeness (QED) is 0.0501. The van der Waals surface area contributed by atoms with Gasteiger partial charge >= 0.3 is 51.4 Å². The van der Waals surface area contributed by atoms with Crippen molar-refractivity contribution in [1.82, 2.24) is 21.3 Å². The molecule has 4 amide bonds. The molecular weight excluding hydrogens is 647 g/mol. The fourth-order valence-electron chi connectivity index (χ4n) is 2.10. The number of nitrogens with one attached hydrogen (secondary N) is 4. The van der Waals surface area contributed by atoms with Gasteiger partial charge in [-0.2, -0.15) is 0 Å². The van der Waals surface area contributed by atoms with E-state index in [1.807, 2.05) is 13.8 Å². The zero-order valence-corrected chi connectivity index (χ0v) is 31.4. The number of hydrogen-bond donors (Lipinski definition) is 6. The smallest absolute Gasteiger partial charge is 0.514 e. The van der Waals surface area contributed by atoms with E-state index in [0.29, 0.717) is 43.8 Å². The molecule has 0 aromatic rings. The van der Waals surface area contributed by atoms with Crippen LogP contribution in [0, 0.1) is 0 Å². The second kappa shape index (κ2) is 27.9. The Balaban J connectivity index is -0.000000271. The van der Waals surface area contributed by atoms with Crippen LogP contribution in [0.4, 0.5) is 0 Å². The number of amides is 4. The van der Waals surface area contributed by atoms with Gasteiger partial charge in [0.15, 0.2) is 0 Å². The average molecular weight is 689 g/mol. The van der Waals surface area contributed by atoms with Gasteiger partial charge < -0.3 is 67.1 Å². The molecule has 0 aromatic heterocycles. The fourth-order valence-corrected chi connectivity index (χ4v) is 3.21. The molecule has 40 heavy (non-hydrogen) atoms. The van der Waals surface area contributed by atoms with Crippen molar-refractivity contribution in [3.63, 3.8) is 0 Å². The summed E-state index contributed by atoms with van der Waals surface area (Å²) in [4.78, 5) is 45.9. The SMILES string of the molecule is CC(C)(NC(=O)CCl)C(=O)NCCN.CCOC(=S)SCC(=O)NC(C)(C)C(=O)NCCN.CCOC(=S)[S-].[K+]. The first-order chi connectivity index (χ1) is 18.0. The van der Waals surface area contributed by atoms with Crippen LogP contribution < -0.4 is 84.1 Å². The predicted molar refractivity (Wildman–Crippen MR) is 168 cm³/mol. The largest absolute Gasteiger partial charge is 1.00 e. The predicted octanol–water partition coefficient (Wildman–Crippen LogP) is -2.94. The molecule has 0 fully saturated rings. The molecule has 0 aliphatic carbocycles. The molecule has 0 rings (SSSR count). The molecule has 18 heteroatoms. The third kappa shape index (κ3) is 28.2. The number of hydrogen-bond acceptors (Lipinski definition) is 12. The van der Waals surface area contributed by atoms with Gasteiger partial charge in [0.2, 0.25) is 28.0 Å². The van der Waals surface area contributed by atoms with E-state index in [-0.39, 0.29) is 91.0 Å². The molecule has 8 N–H and O–H groups in total. The second-order valence-corrected chi connectivity index (χ2v) is 11.1. The standard InChI is InChI=1S/C11H21N3O3S2.C8H16ClN3O2.C3H6OS2.K/c1-4-17-10(18)19-7-8(15)14-11(2,3)9(16)13-6-5-12;1-8(2,12-6(13)5-9)7(14)11-4-3-10;1-2-4-3(5)6;/h4-7,12H2,1-3H3,(H,13,16)(H,14,15);3-5,10H2,1-2H3,(H,11,14)(H,12,13);2H2,1H3,(H,5,6);/q;;;+1/p-1. The molecule has 0 saturated carbocycles. The summed E-state index contributed by atoms with van der Waals surface area (Å²) in [7, 11) is 0. The Morgan fingerprint density at radius 2 is 1.25 bits per heavy atom. The van der Waals surface area contributed by atoms with Gasteiger partial charge in [-0.1, -0.05) is 11.8 Å². The Labute approximate surface area is 305 Å². The van der Waals surface area contributed by atoms with Gasteiger partial charge in [-0.05, 0) is 53.8 Å². The van der Waals surface area contributed by atoms with Crippen LogP contribution in [-0.4, -0.2) is 94.5 Å². The third-order valence-corrected chi connectivity index (χ3v) is 5.58. The molecule has 0 atom stereocenters. The van der Waals surface area contributed by atoms with Gasteiger partial charge in [0, 0.05) is 30.6 Å². The van der Waals surface area contributed by atoms with E-state index >= 15 is 0 Å². The number of thiocarbonyl (C=S) groups is 2. The van der Waals surface area contributed by atoms with Crippen molar-refractivity contribution in [3.05, 3.63) is 0 Å². The fraction of sp³-hybridized carbons (Fsp3) is 0.727. The van der Waals surface area contributed by atoms with Crippen LogP contribution in [0.25, 0.3) is 0 Å². The number of carbonyl (C=O) groups excluding carboxylic acids is 4. The van der Waals surface area contributed by atoms with Crippen molar-refractivity contribution in [3.8, 4) is 0 Å². The van der Waals surface area contributed by atoms with E-state index in [9.17, 15) is 19.2 Å². The summed E-state index contributed by atoms with van der Waals surface area (Å²) in [6, 6.07) is 0. The molecule has 0 unspecified atom stereocenters. The monoisotopic (exact) mass is 688 g/mol. The number of rotatable bonds is 13. The van der Waals surface area contributed by atoms with Crippen molar-refractivity contribution in [1.29, 1.82) is 0 Å². The van der Waals surface area contributed by atoms with Crippen molar-refractivity contribution < 1.29 is 80.0 Å². The van der Waals surface area contributed by atoms with Gasteiger partial charge in [-0.3, -0.25) is 19.2 Å². The number of ether oxygens (including phenoxy) is 2. The minimum Gasteiger partial charge on any atom is -0.514 e. The van der Waals surface area contributed by atoms with Crippen LogP contribution in [0.3, 0.4) is 0 Å². The molecule has 0 bridgehead atoms. The number of halogens is 1. The number of alkyl halides is 1. The Hall–Kier alpha value is 0.0764. The molecule has 0 aromatic carbocycles. The summed E-state index contributed by atoms with van der Waals surface area (Å²) in [6.07, 6.45) is 0. The van der Waals surface area contributed by atoms with E-state index in [2.05, 4.69) is 50.9 Å². The molecule has 0 saturated heterocycles. The third-order valence-electron chi connectivity index (χ3n) is 3.87. The first-order valence-corrected chi connectivity index (χ1v) is 14.6. The molecule has 0 heterocycles. The van der Waals surface area contributed by atoms with Crippen molar-refractivity contribution in [2.24, 2.45) is 11.5 Å². The maximum Gasteiger partial charge on any atom is 1.00 e. The van der Waals surface area contributed by atoms with Gasteiger partial charge in [0.05, 0.1) is 19.0 Å². The molecule has 0 aliphatic rings. The van der Waals surface area contributed by atoms with Gasteiger partial charge in [0.25, 0.3) is 0 Å². The van der Waals surface area contributed by atoms with Gasteiger partial charge in [0.1, 0.15) is 17.0 Å². The maximum atomic E-state index is 11.8. The molecule has 12 nitrogen and oxygen atoms in total. The first-order valence-electron chi connectivity index (χ1n) is 11.8. The van der Waals surface area contributed by atoms with E-state index in [4.69, 9.17) is 40.0 Å².